The zero-order valence-electron chi connectivity index (χ0n) is 13.9. The van der Waals surface area contributed by atoms with E-state index in [9.17, 15) is 4.79 Å². The zero-order chi connectivity index (χ0) is 15.6. The van der Waals surface area contributed by atoms with E-state index in [-0.39, 0.29) is 23.7 Å². The van der Waals surface area contributed by atoms with E-state index < -0.39 is 5.54 Å². The van der Waals surface area contributed by atoms with Crippen LogP contribution in [0.3, 0.4) is 0 Å². The fourth-order valence-corrected chi connectivity index (χ4v) is 3.19. The molecule has 0 aromatic heterocycles. The number of nitrogens with zero attached hydrogens (tertiary/aromatic N) is 1. The Morgan fingerprint density at radius 3 is 2.60 bits per heavy atom. The molecule has 20 heavy (non-hydrogen) atoms. The predicted octanol–water partition coefficient (Wildman–Crippen LogP) is 1.42. The predicted molar refractivity (Wildman–Crippen MR) is 79.8 cm³/mol. The third-order valence-corrected chi connectivity index (χ3v) is 3.42. The van der Waals surface area contributed by atoms with Gasteiger partial charge in [0.1, 0.15) is 5.54 Å². The van der Waals surface area contributed by atoms with Crippen LogP contribution in [-0.4, -0.2) is 60.9 Å². The molecular formula is C15H30N2O3. The van der Waals surface area contributed by atoms with Gasteiger partial charge < -0.3 is 9.47 Å². The molecule has 5 heteroatoms. The Morgan fingerprint density at radius 2 is 2.15 bits per heavy atom. The minimum absolute atomic E-state index is 0.166. The number of hydrogen-bond acceptors (Lipinski definition) is 5. The van der Waals surface area contributed by atoms with Crippen LogP contribution in [0.4, 0.5) is 0 Å². The van der Waals surface area contributed by atoms with Crippen molar-refractivity contribution in [3.63, 3.8) is 0 Å². The summed E-state index contributed by atoms with van der Waals surface area (Å²) in [4.78, 5) is 14.4. The van der Waals surface area contributed by atoms with Crippen LogP contribution in [0.25, 0.3) is 0 Å². The van der Waals surface area contributed by atoms with Crippen molar-refractivity contribution in [3.05, 3.63) is 0 Å². The molecule has 1 aliphatic heterocycles. The van der Waals surface area contributed by atoms with Crippen LogP contribution in [-0.2, 0) is 14.3 Å². The first-order valence-electron chi connectivity index (χ1n) is 7.34. The zero-order valence-corrected chi connectivity index (χ0v) is 13.9. The van der Waals surface area contributed by atoms with Crippen molar-refractivity contribution in [2.24, 2.45) is 0 Å². The maximum atomic E-state index is 12.1. The third kappa shape index (κ3) is 4.72. The van der Waals surface area contributed by atoms with Gasteiger partial charge >= 0.3 is 5.97 Å². The summed E-state index contributed by atoms with van der Waals surface area (Å²) in [7, 11) is 1.44. The van der Waals surface area contributed by atoms with Gasteiger partial charge in [-0.3, -0.25) is 15.0 Å². The lowest BCUT2D eigenvalue weighted by Gasteiger charge is -2.44. The van der Waals surface area contributed by atoms with Gasteiger partial charge in [0.25, 0.3) is 0 Å². The molecule has 0 spiro atoms. The highest BCUT2D eigenvalue weighted by atomic mass is 16.5. The molecule has 1 heterocycles. The topological polar surface area (TPSA) is 50.8 Å². The molecule has 1 N–H and O–H groups in total. The summed E-state index contributed by atoms with van der Waals surface area (Å²) in [6.07, 6.45) is 0.166. The lowest BCUT2D eigenvalue weighted by atomic mass is 9.97. The average Bonchev–Trinajstić information content (AvgIpc) is 2.23. The Labute approximate surface area is 123 Å². The second-order valence-corrected chi connectivity index (χ2v) is 6.98. The van der Waals surface area contributed by atoms with Gasteiger partial charge in [0.05, 0.1) is 18.8 Å². The molecule has 1 saturated heterocycles. The number of hydrogen-bond donors (Lipinski definition) is 1. The SMILES string of the molecule is COC(=O)C(C)(CN1CC(C)OC(C)(C)C1)NC(C)C. The highest BCUT2D eigenvalue weighted by Crippen LogP contribution is 2.23. The van der Waals surface area contributed by atoms with Crippen molar-refractivity contribution in [1.29, 1.82) is 0 Å². The molecule has 0 radical (unpaired) electrons. The number of rotatable bonds is 5. The van der Waals surface area contributed by atoms with Gasteiger partial charge in [-0.2, -0.15) is 0 Å². The third-order valence-electron chi connectivity index (χ3n) is 3.42. The van der Waals surface area contributed by atoms with Gasteiger partial charge in [-0.05, 0) is 41.5 Å². The van der Waals surface area contributed by atoms with E-state index in [1.165, 1.54) is 7.11 Å². The number of nitrogens with one attached hydrogen (secondary N) is 1. The summed E-state index contributed by atoms with van der Waals surface area (Å²) in [5.41, 5.74) is -0.886. The number of carbonyl (C=O) groups excluding carboxylic acids is 1. The Kier molecular flexibility index (Phi) is 5.58. The normalized spacial score (nSPS) is 26.3. The summed E-state index contributed by atoms with van der Waals surface area (Å²) in [5.74, 6) is -0.219. The molecule has 1 aliphatic rings. The van der Waals surface area contributed by atoms with Crippen LogP contribution in [0.2, 0.25) is 0 Å². The van der Waals surface area contributed by atoms with Crippen LogP contribution < -0.4 is 5.32 Å². The standard InChI is InChI=1S/C15H30N2O3/c1-11(2)16-15(6,13(18)19-7)10-17-8-12(3)20-14(4,5)9-17/h11-12,16H,8-10H2,1-7H3. The lowest BCUT2D eigenvalue weighted by Crippen LogP contribution is -2.63. The monoisotopic (exact) mass is 286 g/mol. The molecular weight excluding hydrogens is 256 g/mol. The molecule has 1 fully saturated rings. The van der Waals surface area contributed by atoms with Crippen LogP contribution in [0.1, 0.15) is 41.5 Å². The van der Waals surface area contributed by atoms with Gasteiger partial charge in [0.2, 0.25) is 0 Å². The highest BCUT2D eigenvalue weighted by Gasteiger charge is 2.40. The minimum atomic E-state index is -0.698. The number of ether oxygens (including phenoxy) is 2. The van der Waals surface area contributed by atoms with Gasteiger partial charge in [0.15, 0.2) is 0 Å². The van der Waals surface area contributed by atoms with Gasteiger partial charge in [-0.1, -0.05) is 0 Å². The van der Waals surface area contributed by atoms with Gasteiger partial charge in [-0.25, -0.2) is 0 Å². The number of methoxy groups -OCH3 is 1. The Hall–Kier alpha value is -0.650. The molecule has 0 bridgehead atoms. The molecule has 0 aromatic carbocycles. The molecule has 118 valence electrons. The van der Waals surface area contributed by atoms with Gasteiger partial charge in [0, 0.05) is 25.7 Å². The maximum absolute atomic E-state index is 12.1. The van der Waals surface area contributed by atoms with E-state index in [0.29, 0.717) is 6.54 Å². The molecule has 0 amide bonds. The van der Waals surface area contributed by atoms with Crippen molar-refractivity contribution in [1.82, 2.24) is 10.2 Å². The van der Waals surface area contributed by atoms with Crippen molar-refractivity contribution in [2.45, 2.75) is 64.8 Å². The first-order chi connectivity index (χ1) is 9.08. The number of carbonyl (C=O) groups is 1. The van der Waals surface area contributed by atoms with Crippen LogP contribution >= 0.6 is 0 Å². The van der Waals surface area contributed by atoms with Gasteiger partial charge in [-0.15, -0.1) is 0 Å². The van der Waals surface area contributed by atoms with Crippen molar-refractivity contribution >= 4 is 5.97 Å². The van der Waals surface area contributed by atoms with E-state index in [1.807, 2.05) is 20.8 Å². The van der Waals surface area contributed by atoms with Crippen LogP contribution in [0.15, 0.2) is 0 Å². The second kappa shape index (κ2) is 6.41. The molecule has 1 rings (SSSR count). The summed E-state index contributed by atoms with van der Waals surface area (Å²) >= 11 is 0. The van der Waals surface area contributed by atoms with E-state index in [2.05, 4.69) is 31.0 Å². The first kappa shape index (κ1) is 17.4. The van der Waals surface area contributed by atoms with Crippen molar-refractivity contribution < 1.29 is 14.3 Å². The first-order valence-corrected chi connectivity index (χ1v) is 7.34. The molecule has 2 unspecified atom stereocenters. The smallest absolute Gasteiger partial charge is 0.327 e. The van der Waals surface area contributed by atoms with E-state index in [0.717, 1.165) is 13.1 Å². The molecule has 0 aromatic rings. The number of esters is 1. The number of morpholine rings is 1. The fraction of sp³-hybridized carbons (Fsp3) is 0.933. The summed E-state index contributed by atoms with van der Waals surface area (Å²) in [5, 5.41) is 3.34. The molecule has 0 aliphatic carbocycles. The molecule has 5 nitrogen and oxygen atoms in total. The fourth-order valence-electron chi connectivity index (χ4n) is 3.19. The summed E-state index contributed by atoms with van der Waals surface area (Å²) < 4.78 is 10.9. The Bertz CT molecular complexity index is 344. The van der Waals surface area contributed by atoms with Crippen LogP contribution in [0, 0.1) is 0 Å². The van der Waals surface area contributed by atoms with Crippen molar-refractivity contribution in [2.75, 3.05) is 26.7 Å². The highest BCUT2D eigenvalue weighted by molar-refractivity contribution is 5.80. The summed E-state index contributed by atoms with van der Waals surface area (Å²) in [6, 6.07) is 0.213. The van der Waals surface area contributed by atoms with Crippen molar-refractivity contribution in [3.8, 4) is 0 Å². The van der Waals surface area contributed by atoms with E-state index in [1.54, 1.807) is 0 Å². The largest absolute Gasteiger partial charge is 0.468 e. The van der Waals surface area contributed by atoms with E-state index >= 15 is 0 Å². The summed E-state index contributed by atoms with van der Waals surface area (Å²) in [6.45, 7) is 14.5. The van der Waals surface area contributed by atoms with Crippen LogP contribution in [0.5, 0.6) is 0 Å². The quantitative estimate of drug-likeness (QED) is 0.775. The molecule has 2 atom stereocenters. The second-order valence-electron chi connectivity index (χ2n) is 6.98. The van der Waals surface area contributed by atoms with E-state index in [4.69, 9.17) is 9.47 Å². The average molecular weight is 286 g/mol. The Balaban J connectivity index is 2.81. The molecule has 0 saturated carbocycles. The lowest BCUT2D eigenvalue weighted by molar-refractivity contribution is -0.155. The Morgan fingerprint density at radius 1 is 1.55 bits per heavy atom. The maximum Gasteiger partial charge on any atom is 0.327 e. The minimum Gasteiger partial charge on any atom is -0.468 e.